The normalized spacial score (nSPS) is 18.1. The Hall–Kier alpha value is -1.26. The van der Waals surface area contributed by atoms with E-state index in [1.165, 1.54) is 0 Å². The maximum absolute atomic E-state index is 10.1. The van der Waals surface area contributed by atoms with Gasteiger partial charge in [-0.2, -0.15) is 0 Å². The van der Waals surface area contributed by atoms with E-state index < -0.39 is 5.60 Å². The van der Waals surface area contributed by atoms with Gasteiger partial charge in [-0.05, 0) is 17.7 Å². The molecule has 0 amide bonds. The molecule has 1 fully saturated rings. The Labute approximate surface area is 88.4 Å². The molecule has 0 radical (unpaired) electrons. The third-order valence-corrected chi connectivity index (χ3v) is 2.57. The van der Waals surface area contributed by atoms with E-state index >= 15 is 0 Å². The van der Waals surface area contributed by atoms with Gasteiger partial charge in [0.25, 0.3) is 0 Å². The highest BCUT2D eigenvalue weighted by Gasteiger charge is 2.38. The zero-order valence-electron chi connectivity index (χ0n) is 8.82. The van der Waals surface area contributed by atoms with Gasteiger partial charge >= 0.3 is 0 Å². The van der Waals surface area contributed by atoms with Gasteiger partial charge in [-0.15, -0.1) is 0 Å². The van der Waals surface area contributed by atoms with Crippen LogP contribution in [0.4, 0.5) is 0 Å². The van der Waals surface area contributed by atoms with Crippen LogP contribution in [0.2, 0.25) is 0 Å². The van der Waals surface area contributed by atoms with Crippen molar-refractivity contribution in [3.05, 3.63) is 23.8 Å². The summed E-state index contributed by atoms with van der Waals surface area (Å²) in [4.78, 5) is 0. The number of rotatable bonds is 3. The predicted octanol–water partition coefficient (Wildman–Crippen LogP) is 0.922. The van der Waals surface area contributed by atoms with Crippen molar-refractivity contribution in [3.63, 3.8) is 0 Å². The van der Waals surface area contributed by atoms with E-state index in [-0.39, 0.29) is 0 Å². The first-order chi connectivity index (χ1) is 7.18. The lowest BCUT2D eigenvalue weighted by Gasteiger charge is -2.36. The monoisotopic (exact) mass is 210 g/mol. The summed E-state index contributed by atoms with van der Waals surface area (Å²) < 4.78 is 15.3. The zero-order chi connectivity index (χ0) is 10.9. The van der Waals surface area contributed by atoms with Crippen molar-refractivity contribution in [2.75, 3.05) is 27.4 Å². The molecule has 1 aromatic carbocycles. The molecule has 1 aliphatic rings. The van der Waals surface area contributed by atoms with Gasteiger partial charge in [0.05, 0.1) is 27.4 Å². The van der Waals surface area contributed by atoms with Gasteiger partial charge in [-0.3, -0.25) is 0 Å². The summed E-state index contributed by atoms with van der Waals surface area (Å²) in [5.74, 6) is 1.34. The number of hydrogen-bond donors (Lipinski definition) is 1. The summed E-state index contributed by atoms with van der Waals surface area (Å²) in [6.45, 7) is 0.645. The van der Waals surface area contributed by atoms with Crippen LogP contribution in [-0.4, -0.2) is 32.5 Å². The van der Waals surface area contributed by atoms with Crippen LogP contribution in [0.15, 0.2) is 18.2 Å². The molecule has 1 heterocycles. The van der Waals surface area contributed by atoms with Crippen molar-refractivity contribution < 1.29 is 19.3 Å². The van der Waals surface area contributed by atoms with Crippen LogP contribution >= 0.6 is 0 Å². The molecule has 1 aliphatic heterocycles. The Bertz CT molecular complexity index is 335. The van der Waals surface area contributed by atoms with Gasteiger partial charge in [-0.25, -0.2) is 0 Å². The Kier molecular flexibility index (Phi) is 2.54. The number of hydrogen-bond acceptors (Lipinski definition) is 4. The highest BCUT2D eigenvalue weighted by Crippen LogP contribution is 2.34. The predicted molar refractivity (Wildman–Crippen MR) is 54.3 cm³/mol. The van der Waals surface area contributed by atoms with Crippen LogP contribution in [0.5, 0.6) is 11.5 Å². The highest BCUT2D eigenvalue weighted by atomic mass is 16.5. The fraction of sp³-hybridized carbons (Fsp3) is 0.455. The molecule has 4 heteroatoms. The van der Waals surface area contributed by atoms with Gasteiger partial charge in [0.1, 0.15) is 17.1 Å². The van der Waals surface area contributed by atoms with E-state index in [0.29, 0.717) is 24.7 Å². The Morgan fingerprint density at radius 1 is 1.13 bits per heavy atom. The van der Waals surface area contributed by atoms with E-state index in [0.717, 1.165) is 5.56 Å². The smallest absolute Gasteiger partial charge is 0.136 e. The lowest BCUT2D eigenvalue weighted by molar-refractivity contribution is -0.184. The fourth-order valence-electron chi connectivity index (χ4n) is 1.54. The van der Waals surface area contributed by atoms with Crippen molar-refractivity contribution in [1.82, 2.24) is 0 Å². The minimum Gasteiger partial charge on any atom is -0.497 e. The third kappa shape index (κ3) is 1.78. The molecule has 15 heavy (non-hydrogen) atoms. The van der Waals surface area contributed by atoms with Gasteiger partial charge in [-0.1, -0.05) is 0 Å². The maximum Gasteiger partial charge on any atom is 0.136 e. The molecule has 0 aliphatic carbocycles. The summed E-state index contributed by atoms with van der Waals surface area (Å²) in [6, 6.07) is 5.36. The molecule has 0 atom stereocenters. The van der Waals surface area contributed by atoms with Crippen LogP contribution in [0, 0.1) is 0 Å². The molecule has 0 unspecified atom stereocenters. The van der Waals surface area contributed by atoms with Gasteiger partial charge in [0, 0.05) is 6.07 Å². The third-order valence-electron chi connectivity index (χ3n) is 2.57. The van der Waals surface area contributed by atoms with Gasteiger partial charge in [0.15, 0.2) is 0 Å². The average Bonchev–Trinajstić information content (AvgIpc) is 2.25. The minimum atomic E-state index is -0.887. The van der Waals surface area contributed by atoms with Crippen molar-refractivity contribution in [1.29, 1.82) is 0 Å². The molecule has 0 saturated carbocycles. The number of benzene rings is 1. The second-order valence-corrected chi connectivity index (χ2v) is 3.63. The first-order valence-electron chi connectivity index (χ1n) is 4.71. The van der Waals surface area contributed by atoms with Crippen LogP contribution in [0.3, 0.4) is 0 Å². The second-order valence-electron chi connectivity index (χ2n) is 3.63. The molecule has 1 N–H and O–H groups in total. The van der Waals surface area contributed by atoms with E-state index in [4.69, 9.17) is 14.2 Å². The van der Waals surface area contributed by atoms with E-state index in [9.17, 15) is 5.11 Å². The maximum atomic E-state index is 10.1. The first-order valence-corrected chi connectivity index (χ1v) is 4.71. The summed E-state index contributed by atoms with van der Waals surface area (Å²) in [7, 11) is 3.17. The quantitative estimate of drug-likeness (QED) is 0.806. The van der Waals surface area contributed by atoms with Crippen LogP contribution in [0.25, 0.3) is 0 Å². The Morgan fingerprint density at radius 3 is 2.00 bits per heavy atom. The SMILES string of the molecule is COc1cc(OC)cc(C2(O)COC2)c1. The Morgan fingerprint density at radius 2 is 1.67 bits per heavy atom. The minimum absolute atomic E-state index is 0.323. The molecule has 0 spiro atoms. The van der Waals surface area contributed by atoms with Crippen LogP contribution in [-0.2, 0) is 10.3 Å². The molecule has 0 aromatic heterocycles. The van der Waals surface area contributed by atoms with E-state index in [2.05, 4.69) is 0 Å². The largest absolute Gasteiger partial charge is 0.497 e. The molecule has 0 bridgehead atoms. The molecular weight excluding hydrogens is 196 g/mol. The topological polar surface area (TPSA) is 47.9 Å². The number of ether oxygens (including phenoxy) is 3. The Balaban J connectivity index is 2.37. The van der Waals surface area contributed by atoms with E-state index in [1.54, 1.807) is 32.4 Å². The highest BCUT2D eigenvalue weighted by molar-refractivity contribution is 5.41. The number of aliphatic hydroxyl groups is 1. The van der Waals surface area contributed by atoms with Crippen LogP contribution < -0.4 is 9.47 Å². The van der Waals surface area contributed by atoms with Crippen molar-refractivity contribution in [3.8, 4) is 11.5 Å². The summed E-state index contributed by atoms with van der Waals surface area (Å²) in [6.07, 6.45) is 0. The molecule has 4 nitrogen and oxygen atoms in total. The lowest BCUT2D eigenvalue weighted by Crippen LogP contribution is -2.46. The van der Waals surface area contributed by atoms with Crippen molar-refractivity contribution in [2.24, 2.45) is 0 Å². The molecular formula is C11H14O4. The standard InChI is InChI=1S/C11H14O4/c1-13-9-3-8(4-10(5-9)14-2)11(12)6-15-7-11/h3-5,12H,6-7H2,1-2H3. The van der Waals surface area contributed by atoms with Gasteiger partial charge in [0.2, 0.25) is 0 Å². The van der Waals surface area contributed by atoms with E-state index in [1.807, 2.05) is 0 Å². The fourth-order valence-corrected chi connectivity index (χ4v) is 1.54. The first kappa shape index (κ1) is 10.3. The lowest BCUT2D eigenvalue weighted by atomic mass is 9.92. The molecule has 1 saturated heterocycles. The summed E-state index contributed by atoms with van der Waals surface area (Å²) >= 11 is 0. The van der Waals surface area contributed by atoms with Crippen LogP contribution in [0.1, 0.15) is 5.56 Å². The summed E-state index contributed by atoms with van der Waals surface area (Å²) in [5, 5.41) is 10.1. The van der Waals surface area contributed by atoms with Crippen molar-refractivity contribution >= 4 is 0 Å². The molecule has 82 valence electrons. The number of methoxy groups -OCH3 is 2. The zero-order valence-corrected chi connectivity index (χ0v) is 8.82. The molecule has 1 aromatic rings. The summed E-state index contributed by atoms with van der Waals surface area (Å²) in [5.41, 5.74) is -0.119. The van der Waals surface area contributed by atoms with Crippen molar-refractivity contribution in [2.45, 2.75) is 5.60 Å². The van der Waals surface area contributed by atoms with Gasteiger partial charge < -0.3 is 19.3 Å². The second kappa shape index (κ2) is 3.72. The molecule has 2 rings (SSSR count). The average molecular weight is 210 g/mol.